The van der Waals surface area contributed by atoms with E-state index in [2.05, 4.69) is 51.3 Å². The van der Waals surface area contributed by atoms with Crippen LogP contribution in [-0.2, 0) is 22.7 Å². The number of anilines is 1. The maximum Gasteiger partial charge on any atom is 0.255 e. The van der Waals surface area contributed by atoms with Crippen molar-refractivity contribution in [3.8, 4) is 0 Å². The van der Waals surface area contributed by atoms with Gasteiger partial charge in [0.1, 0.15) is 11.9 Å². The summed E-state index contributed by atoms with van der Waals surface area (Å²) in [6.07, 6.45) is 0.476. The van der Waals surface area contributed by atoms with E-state index < -0.39 is 17.8 Å². The molecule has 186 valence electrons. The summed E-state index contributed by atoms with van der Waals surface area (Å²) in [6, 6.07) is 10.6. The van der Waals surface area contributed by atoms with Crippen molar-refractivity contribution >= 4 is 34.3 Å². The van der Waals surface area contributed by atoms with E-state index in [1.807, 2.05) is 0 Å². The number of hydrogen-bond donors (Lipinski definition) is 2. The number of carbonyl (C=O) groups is 3. The van der Waals surface area contributed by atoms with Gasteiger partial charge in [0, 0.05) is 79.1 Å². The van der Waals surface area contributed by atoms with Crippen molar-refractivity contribution in [3.63, 3.8) is 0 Å². The minimum absolute atomic E-state index is 0.190. The Hall–Kier alpha value is -3.72. The van der Waals surface area contributed by atoms with Crippen LogP contribution in [0.5, 0.6) is 0 Å². The van der Waals surface area contributed by atoms with Crippen LogP contribution in [0.2, 0.25) is 0 Å². The third-order valence-electron chi connectivity index (χ3n) is 7.59. The van der Waals surface area contributed by atoms with Gasteiger partial charge in [-0.1, -0.05) is 12.1 Å². The van der Waals surface area contributed by atoms with Crippen molar-refractivity contribution in [2.75, 3.05) is 31.1 Å². The molecule has 0 aliphatic carbocycles. The molecule has 4 heterocycles. The number of halogens is 1. The maximum atomic E-state index is 14.6. The third kappa shape index (κ3) is 3.93. The first-order chi connectivity index (χ1) is 17.4. The van der Waals surface area contributed by atoms with E-state index >= 15 is 0 Å². The highest BCUT2D eigenvalue weighted by molar-refractivity contribution is 6.06. The molecule has 36 heavy (non-hydrogen) atoms. The first kappa shape index (κ1) is 22.7. The molecule has 9 heteroatoms. The molecule has 3 aliphatic rings. The molecule has 0 saturated carbocycles. The number of amides is 3. The molecule has 3 amide bonds. The zero-order valence-corrected chi connectivity index (χ0v) is 20.1. The van der Waals surface area contributed by atoms with Crippen LogP contribution in [0.25, 0.3) is 10.9 Å². The summed E-state index contributed by atoms with van der Waals surface area (Å²) < 4.78 is 14.6. The van der Waals surface area contributed by atoms with Gasteiger partial charge in [0.2, 0.25) is 11.8 Å². The zero-order chi connectivity index (χ0) is 25.0. The SMILES string of the molecule is Cc1cc2c(CN3CCN(c4cc(F)cc5c4CN(C4CCC(=O)NC4=O)C5=O)CC3)cccc2[nH]1. The highest BCUT2D eigenvalue weighted by Crippen LogP contribution is 2.35. The van der Waals surface area contributed by atoms with Gasteiger partial charge in [-0.25, -0.2) is 4.39 Å². The molecule has 0 bridgehead atoms. The van der Waals surface area contributed by atoms with Crippen LogP contribution in [0.3, 0.4) is 0 Å². The number of rotatable bonds is 4. The molecule has 1 atom stereocenters. The Morgan fingerprint density at radius 2 is 1.86 bits per heavy atom. The minimum Gasteiger partial charge on any atom is -0.369 e. The fourth-order valence-electron chi connectivity index (χ4n) is 5.77. The van der Waals surface area contributed by atoms with Crippen LogP contribution in [-0.4, -0.2) is 64.7 Å². The number of H-pyrrole nitrogens is 1. The molecule has 6 rings (SSSR count). The topological polar surface area (TPSA) is 88.8 Å². The van der Waals surface area contributed by atoms with E-state index in [-0.39, 0.29) is 31.2 Å². The van der Waals surface area contributed by atoms with Gasteiger partial charge in [-0.2, -0.15) is 0 Å². The molecule has 0 radical (unpaired) electrons. The summed E-state index contributed by atoms with van der Waals surface area (Å²) in [7, 11) is 0. The van der Waals surface area contributed by atoms with E-state index in [9.17, 15) is 18.8 Å². The minimum atomic E-state index is -0.713. The van der Waals surface area contributed by atoms with Gasteiger partial charge in [-0.15, -0.1) is 0 Å². The fourth-order valence-corrected chi connectivity index (χ4v) is 5.77. The van der Waals surface area contributed by atoms with Crippen LogP contribution in [0.15, 0.2) is 36.4 Å². The average molecular weight is 490 g/mol. The molecule has 3 aromatic rings. The fraction of sp³-hybridized carbons (Fsp3) is 0.370. The van der Waals surface area contributed by atoms with Crippen LogP contribution in [0, 0.1) is 12.7 Å². The summed E-state index contributed by atoms with van der Waals surface area (Å²) in [5, 5.41) is 3.56. The van der Waals surface area contributed by atoms with Crippen molar-refractivity contribution < 1.29 is 18.8 Å². The molecule has 1 aromatic heterocycles. The van der Waals surface area contributed by atoms with Crippen molar-refractivity contribution in [2.24, 2.45) is 0 Å². The smallest absolute Gasteiger partial charge is 0.255 e. The lowest BCUT2D eigenvalue weighted by atomic mass is 10.0. The molecular formula is C27H28FN5O3. The van der Waals surface area contributed by atoms with Gasteiger partial charge < -0.3 is 14.8 Å². The molecule has 2 N–H and O–H groups in total. The number of carbonyl (C=O) groups excluding carboxylic acids is 3. The second kappa shape index (κ2) is 8.74. The molecule has 3 aliphatic heterocycles. The number of fused-ring (bicyclic) bond motifs is 2. The third-order valence-corrected chi connectivity index (χ3v) is 7.59. The predicted octanol–water partition coefficient (Wildman–Crippen LogP) is 2.70. The lowest BCUT2D eigenvalue weighted by Gasteiger charge is -2.37. The Labute approximate surface area is 208 Å². The number of aromatic amines is 1. The molecular weight excluding hydrogens is 461 g/mol. The van der Waals surface area contributed by atoms with Crippen LogP contribution < -0.4 is 10.2 Å². The van der Waals surface area contributed by atoms with Gasteiger partial charge in [-0.05, 0) is 43.2 Å². The Kier molecular flexibility index (Phi) is 5.52. The highest BCUT2D eigenvalue weighted by atomic mass is 19.1. The van der Waals surface area contributed by atoms with E-state index in [4.69, 9.17) is 0 Å². The Morgan fingerprint density at radius 3 is 2.64 bits per heavy atom. The molecule has 2 aromatic carbocycles. The maximum absolute atomic E-state index is 14.6. The van der Waals surface area contributed by atoms with E-state index in [0.717, 1.165) is 42.1 Å². The molecule has 1 unspecified atom stereocenters. The number of imide groups is 1. The van der Waals surface area contributed by atoms with Gasteiger partial charge in [0.15, 0.2) is 0 Å². The Balaban J connectivity index is 1.18. The van der Waals surface area contributed by atoms with E-state index in [1.165, 1.54) is 28.0 Å². The van der Waals surface area contributed by atoms with Crippen molar-refractivity contribution in [3.05, 3.63) is 64.6 Å². The van der Waals surface area contributed by atoms with Gasteiger partial charge in [-0.3, -0.25) is 24.6 Å². The molecule has 0 spiro atoms. The molecule has 2 saturated heterocycles. The zero-order valence-electron chi connectivity index (χ0n) is 20.1. The number of benzene rings is 2. The number of nitrogens with zero attached hydrogens (tertiary/aromatic N) is 3. The number of aryl methyl sites for hydroxylation is 1. The van der Waals surface area contributed by atoms with Gasteiger partial charge in [0.05, 0.1) is 0 Å². The number of piperazine rings is 1. The second-order valence-electron chi connectivity index (χ2n) is 9.94. The summed E-state index contributed by atoms with van der Waals surface area (Å²) >= 11 is 0. The van der Waals surface area contributed by atoms with Crippen LogP contribution >= 0.6 is 0 Å². The van der Waals surface area contributed by atoms with Crippen LogP contribution in [0.1, 0.15) is 40.0 Å². The summed E-state index contributed by atoms with van der Waals surface area (Å²) in [4.78, 5) is 46.5. The van der Waals surface area contributed by atoms with Crippen LogP contribution in [0.4, 0.5) is 10.1 Å². The summed E-state index contributed by atoms with van der Waals surface area (Å²) in [5.74, 6) is -1.60. The lowest BCUT2D eigenvalue weighted by molar-refractivity contribution is -0.136. The highest BCUT2D eigenvalue weighted by Gasteiger charge is 2.41. The normalized spacial score (nSPS) is 20.8. The average Bonchev–Trinajstić information content (AvgIpc) is 3.39. The van der Waals surface area contributed by atoms with Gasteiger partial charge in [0.25, 0.3) is 5.91 Å². The molecule has 8 nitrogen and oxygen atoms in total. The van der Waals surface area contributed by atoms with E-state index in [0.29, 0.717) is 18.7 Å². The first-order valence-corrected chi connectivity index (χ1v) is 12.4. The van der Waals surface area contributed by atoms with Crippen molar-refractivity contribution in [1.82, 2.24) is 20.1 Å². The largest absolute Gasteiger partial charge is 0.369 e. The second-order valence-corrected chi connectivity index (χ2v) is 9.94. The number of hydrogen-bond acceptors (Lipinski definition) is 5. The molecule has 2 fully saturated rings. The number of piperidine rings is 1. The summed E-state index contributed by atoms with van der Waals surface area (Å²) in [6.45, 7) is 6.20. The Bertz CT molecular complexity index is 1390. The lowest BCUT2D eigenvalue weighted by Crippen LogP contribution is -2.52. The Morgan fingerprint density at radius 1 is 1.06 bits per heavy atom. The first-order valence-electron chi connectivity index (χ1n) is 12.4. The predicted molar refractivity (Wildman–Crippen MR) is 133 cm³/mol. The quantitative estimate of drug-likeness (QED) is 0.551. The van der Waals surface area contributed by atoms with Gasteiger partial charge >= 0.3 is 0 Å². The van der Waals surface area contributed by atoms with E-state index in [1.54, 1.807) is 0 Å². The summed E-state index contributed by atoms with van der Waals surface area (Å²) in [5.41, 5.74) is 5.35. The van der Waals surface area contributed by atoms with Crippen molar-refractivity contribution in [1.29, 1.82) is 0 Å². The number of nitrogens with one attached hydrogen (secondary N) is 2. The number of aromatic nitrogens is 1. The van der Waals surface area contributed by atoms with Crippen molar-refractivity contribution in [2.45, 2.75) is 38.9 Å². The monoisotopic (exact) mass is 489 g/mol. The standard InChI is InChI=1S/C27H28FN5O3/c1-16-11-19-17(3-2-4-22(19)29-16)14-31-7-9-32(10-8-31)24-13-18(28)12-20-21(24)15-33(27(20)36)23-5-6-25(34)30-26(23)35/h2-4,11-13,23,29H,5-10,14-15H2,1H3,(H,30,34,35).